The van der Waals surface area contributed by atoms with Gasteiger partial charge in [-0.25, -0.2) is 4.39 Å². The second kappa shape index (κ2) is 9.20. The summed E-state index contributed by atoms with van der Waals surface area (Å²) in [5.74, 6) is -0.980. The van der Waals surface area contributed by atoms with Gasteiger partial charge in [-0.2, -0.15) is 0 Å². The second-order valence-electron chi connectivity index (χ2n) is 5.85. The van der Waals surface area contributed by atoms with Gasteiger partial charge in [0.15, 0.2) is 0 Å². The molecule has 8 heteroatoms. The van der Waals surface area contributed by atoms with E-state index in [1.807, 2.05) is 0 Å². The van der Waals surface area contributed by atoms with E-state index in [9.17, 15) is 14.0 Å². The van der Waals surface area contributed by atoms with Crippen LogP contribution in [0.3, 0.4) is 0 Å². The second-order valence-corrected chi connectivity index (χ2v) is 6.26. The molecule has 1 heterocycles. The molecule has 1 unspecified atom stereocenters. The van der Waals surface area contributed by atoms with Crippen LogP contribution in [-0.2, 0) is 9.59 Å². The number of rotatable bonds is 4. The quantitative estimate of drug-likeness (QED) is 0.846. The maximum atomic E-state index is 13.1. The van der Waals surface area contributed by atoms with E-state index in [1.54, 1.807) is 11.8 Å². The van der Waals surface area contributed by atoms with Crippen molar-refractivity contribution in [2.45, 2.75) is 19.8 Å². The van der Waals surface area contributed by atoms with E-state index < -0.39 is 5.82 Å². The standard InChI is InChI=1S/C16H21ClFN3O2.ClH/c1-10(9-19)16(23)21-6-4-11(5-7-21)15(22)20-12-2-3-14(18)13(17)8-12;/h2-3,8,10-11H,4-7,9,19H2,1H3,(H,20,22);1H. The Kier molecular flexibility index (Phi) is 7.93. The summed E-state index contributed by atoms with van der Waals surface area (Å²) >= 11 is 5.70. The van der Waals surface area contributed by atoms with E-state index in [4.69, 9.17) is 17.3 Å². The highest BCUT2D eigenvalue weighted by Crippen LogP contribution is 2.23. The fourth-order valence-electron chi connectivity index (χ4n) is 2.59. The van der Waals surface area contributed by atoms with Crippen molar-refractivity contribution in [1.29, 1.82) is 0 Å². The summed E-state index contributed by atoms with van der Waals surface area (Å²) < 4.78 is 13.1. The summed E-state index contributed by atoms with van der Waals surface area (Å²) in [4.78, 5) is 26.1. The Labute approximate surface area is 152 Å². The molecule has 0 saturated carbocycles. The number of piperidine rings is 1. The van der Waals surface area contributed by atoms with Crippen molar-refractivity contribution in [2.75, 3.05) is 25.0 Å². The Bertz CT molecular complexity index is 593. The first-order valence-electron chi connectivity index (χ1n) is 7.67. The molecule has 0 spiro atoms. The molecule has 1 aliphatic rings. The predicted octanol–water partition coefficient (Wildman–Crippen LogP) is 2.67. The molecule has 1 aromatic rings. The number of amides is 2. The molecule has 0 bridgehead atoms. The lowest BCUT2D eigenvalue weighted by molar-refractivity contribution is -0.137. The lowest BCUT2D eigenvalue weighted by Gasteiger charge is -2.32. The SMILES string of the molecule is CC(CN)C(=O)N1CCC(C(=O)Nc2ccc(F)c(Cl)c2)CC1.Cl. The minimum atomic E-state index is -0.523. The molecule has 5 nitrogen and oxygen atoms in total. The Morgan fingerprint density at radius 3 is 2.58 bits per heavy atom. The number of anilines is 1. The Balaban J connectivity index is 0.00000288. The average Bonchev–Trinajstić information content (AvgIpc) is 2.57. The van der Waals surface area contributed by atoms with Crippen molar-refractivity contribution >= 4 is 41.5 Å². The summed E-state index contributed by atoms with van der Waals surface area (Å²) in [6.45, 7) is 3.22. The van der Waals surface area contributed by atoms with Crippen molar-refractivity contribution in [1.82, 2.24) is 4.90 Å². The zero-order valence-corrected chi connectivity index (χ0v) is 15.0. The van der Waals surface area contributed by atoms with Crippen LogP contribution in [0.5, 0.6) is 0 Å². The van der Waals surface area contributed by atoms with Crippen LogP contribution in [0.2, 0.25) is 5.02 Å². The van der Waals surface area contributed by atoms with Crippen molar-refractivity contribution in [3.63, 3.8) is 0 Å². The van der Waals surface area contributed by atoms with E-state index >= 15 is 0 Å². The zero-order chi connectivity index (χ0) is 17.0. The van der Waals surface area contributed by atoms with Crippen molar-refractivity contribution in [2.24, 2.45) is 17.6 Å². The molecule has 0 aliphatic carbocycles. The maximum absolute atomic E-state index is 13.1. The van der Waals surface area contributed by atoms with Crippen LogP contribution in [0.1, 0.15) is 19.8 Å². The lowest BCUT2D eigenvalue weighted by atomic mass is 9.95. The molecular formula is C16H22Cl2FN3O2. The Morgan fingerprint density at radius 1 is 1.42 bits per heavy atom. The van der Waals surface area contributed by atoms with Crippen LogP contribution in [0.15, 0.2) is 18.2 Å². The Hall–Kier alpha value is -1.37. The molecule has 1 atom stereocenters. The molecule has 2 rings (SSSR count). The van der Waals surface area contributed by atoms with Gasteiger partial charge in [-0.1, -0.05) is 18.5 Å². The van der Waals surface area contributed by atoms with Crippen LogP contribution >= 0.6 is 24.0 Å². The fourth-order valence-corrected chi connectivity index (χ4v) is 2.77. The normalized spacial score (nSPS) is 16.2. The van der Waals surface area contributed by atoms with Crippen LogP contribution in [0.4, 0.5) is 10.1 Å². The van der Waals surface area contributed by atoms with Gasteiger partial charge in [0.1, 0.15) is 5.82 Å². The largest absolute Gasteiger partial charge is 0.342 e. The molecule has 0 aromatic heterocycles. The number of carbonyl (C=O) groups is 2. The highest BCUT2D eigenvalue weighted by molar-refractivity contribution is 6.31. The number of nitrogens with zero attached hydrogens (tertiary/aromatic N) is 1. The molecule has 3 N–H and O–H groups in total. The molecule has 1 aromatic carbocycles. The summed E-state index contributed by atoms with van der Waals surface area (Å²) in [5, 5.41) is 2.72. The summed E-state index contributed by atoms with van der Waals surface area (Å²) in [7, 11) is 0. The van der Waals surface area contributed by atoms with Crippen LogP contribution in [0.25, 0.3) is 0 Å². The number of hydrogen-bond donors (Lipinski definition) is 2. The third kappa shape index (κ3) is 5.06. The fraction of sp³-hybridized carbons (Fsp3) is 0.500. The van der Waals surface area contributed by atoms with Gasteiger partial charge in [-0.3, -0.25) is 9.59 Å². The van der Waals surface area contributed by atoms with Crippen LogP contribution in [0, 0.1) is 17.7 Å². The summed E-state index contributed by atoms with van der Waals surface area (Å²) in [6, 6.07) is 4.07. The van der Waals surface area contributed by atoms with Gasteiger partial charge >= 0.3 is 0 Å². The first kappa shape index (κ1) is 20.7. The lowest BCUT2D eigenvalue weighted by Crippen LogP contribution is -2.44. The molecule has 1 fully saturated rings. The Morgan fingerprint density at radius 2 is 2.04 bits per heavy atom. The summed E-state index contributed by atoms with van der Waals surface area (Å²) in [5.41, 5.74) is 5.98. The molecule has 134 valence electrons. The molecule has 2 amide bonds. The monoisotopic (exact) mass is 377 g/mol. The zero-order valence-electron chi connectivity index (χ0n) is 13.4. The van der Waals surface area contributed by atoms with Gasteiger partial charge in [0, 0.05) is 37.2 Å². The predicted molar refractivity (Wildman–Crippen MR) is 94.8 cm³/mol. The van der Waals surface area contributed by atoms with E-state index in [0.29, 0.717) is 38.2 Å². The van der Waals surface area contributed by atoms with E-state index in [-0.39, 0.29) is 41.1 Å². The molecular weight excluding hydrogens is 356 g/mol. The minimum absolute atomic E-state index is 0. The van der Waals surface area contributed by atoms with E-state index in [2.05, 4.69) is 5.32 Å². The van der Waals surface area contributed by atoms with Gasteiger partial charge < -0.3 is 16.0 Å². The molecule has 0 radical (unpaired) electrons. The first-order valence-corrected chi connectivity index (χ1v) is 8.05. The number of likely N-dealkylation sites (tertiary alicyclic amines) is 1. The number of benzene rings is 1. The van der Waals surface area contributed by atoms with Gasteiger partial charge in [-0.15, -0.1) is 12.4 Å². The number of nitrogens with two attached hydrogens (primary N) is 1. The number of carbonyl (C=O) groups excluding carboxylic acids is 2. The highest BCUT2D eigenvalue weighted by atomic mass is 35.5. The van der Waals surface area contributed by atoms with E-state index in [1.165, 1.54) is 18.2 Å². The van der Waals surface area contributed by atoms with Gasteiger partial charge in [0.2, 0.25) is 11.8 Å². The van der Waals surface area contributed by atoms with Crippen molar-refractivity contribution in [3.8, 4) is 0 Å². The molecule has 1 saturated heterocycles. The first-order chi connectivity index (χ1) is 10.9. The van der Waals surface area contributed by atoms with Crippen LogP contribution < -0.4 is 11.1 Å². The number of halogens is 3. The topological polar surface area (TPSA) is 75.4 Å². The van der Waals surface area contributed by atoms with E-state index in [0.717, 1.165) is 0 Å². The van der Waals surface area contributed by atoms with Crippen LogP contribution in [-0.4, -0.2) is 36.3 Å². The number of nitrogens with one attached hydrogen (secondary N) is 1. The maximum Gasteiger partial charge on any atom is 0.227 e. The van der Waals surface area contributed by atoms with Crippen molar-refractivity contribution < 1.29 is 14.0 Å². The average molecular weight is 378 g/mol. The summed E-state index contributed by atoms with van der Waals surface area (Å²) in [6.07, 6.45) is 1.20. The van der Waals surface area contributed by atoms with Gasteiger partial charge in [-0.05, 0) is 31.0 Å². The minimum Gasteiger partial charge on any atom is -0.342 e. The third-order valence-electron chi connectivity index (χ3n) is 4.14. The highest BCUT2D eigenvalue weighted by Gasteiger charge is 2.29. The van der Waals surface area contributed by atoms with Gasteiger partial charge in [0.05, 0.1) is 5.02 Å². The molecule has 1 aliphatic heterocycles. The number of hydrogen-bond acceptors (Lipinski definition) is 3. The third-order valence-corrected chi connectivity index (χ3v) is 4.43. The smallest absolute Gasteiger partial charge is 0.227 e. The van der Waals surface area contributed by atoms with Gasteiger partial charge in [0.25, 0.3) is 0 Å². The molecule has 24 heavy (non-hydrogen) atoms. The van der Waals surface area contributed by atoms with Crippen molar-refractivity contribution in [3.05, 3.63) is 29.0 Å².